The predicted molar refractivity (Wildman–Crippen MR) is 176 cm³/mol. The topological polar surface area (TPSA) is 162 Å². The zero-order valence-electron chi connectivity index (χ0n) is 27.6. The number of aromatic nitrogens is 1. The van der Waals surface area contributed by atoms with Gasteiger partial charge in [0.25, 0.3) is 0 Å². The van der Waals surface area contributed by atoms with Crippen molar-refractivity contribution >= 4 is 34.7 Å². The molecule has 0 saturated carbocycles. The minimum Gasteiger partial charge on any atom is -0.429 e. The van der Waals surface area contributed by atoms with E-state index < -0.39 is 34.7 Å². The summed E-state index contributed by atoms with van der Waals surface area (Å²) in [5.41, 5.74) is 8.20. The van der Waals surface area contributed by atoms with Crippen LogP contribution in [0.5, 0.6) is 0 Å². The van der Waals surface area contributed by atoms with E-state index in [9.17, 15) is 19.2 Å². The Morgan fingerprint density at radius 1 is 1.00 bits per heavy atom. The number of fused-ring (bicyclic) bond motifs is 1. The fourth-order valence-electron chi connectivity index (χ4n) is 5.80. The first kappa shape index (κ1) is 34.5. The molecule has 0 radical (unpaired) electrons. The van der Waals surface area contributed by atoms with Gasteiger partial charge in [-0.15, -0.1) is 0 Å². The maximum Gasteiger partial charge on any atom is 0.409 e. The van der Waals surface area contributed by atoms with Crippen LogP contribution in [0.25, 0.3) is 10.9 Å². The van der Waals surface area contributed by atoms with Crippen LogP contribution in [0.3, 0.4) is 0 Å². The maximum atomic E-state index is 14.2. The highest BCUT2D eigenvalue weighted by molar-refractivity contribution is 5.94. The number of benzene rings is 2. The Bertz CT molecular complexity index is 1540. The number of carbonyl (C=O) groups excluding carboxylic acids is 4. The molecule has 1 aliphatic heterocycles. The van der Waals surface area contributed by atoms with Crippen LogP contribution in [0.1, 0.15) is 51.7 Å². The Morgan fingerprint density at radius 2 is 1.63 bits per heavy atom. The lowest BCUT2D eigenvalue weighted by Gasteiger charge is -2.42. The molecule has 6 N–H and O–H groups in total. The number of nitrogens with one attached hydrogen (secondary N) is 4. The van der Waals surface area contributed by atoms with Gasteiger partial charge in [0, 0.05) is 50.7 Å². The molecule has 4 amide bonds. The normalized spacial score (nSPS) is 15.7. The summed E-state index contributed by atoms with van der Waals surface area (Å²) in [7, 11) is 3.55. The summed E-state index contributed by atoms with van der Waals surface area (Å²) in [6, 6.07) is 16.7. The predicted octanol–water partition coefficient (Wildman–Crippen LogP) is 2.84. The molecular formula is C34H47N7O5. The number of amides is 4. The van der Waals surface area contributed by atoms with Crippen molar-refractivity contribution in [1.29, 1.82) is 0 Å². The van der Waals surface area contributed by atoms with Gasteiger partial charge in [0.05, 0.1) is 5.41 Å². The molecule has 2 heterocycles. The number of carbonyl (C=O) groups is 4. The summed E-state index contributed by atoms with van der Waals surface area (Å²) in [6.45, 7) is 6.78. The van der Waals surface area contributed by atoms with Crippen LogP contribution in [0, 0.1) is 5.41 Å². The van der Waals surface area contributed by atoms with Crippen molar-refractivity contribution in [3.05, 3.63) is 71.9 Å². The number of rotatable bonds is 11. The first-order valence-electron chi connectivity index (χ1n) is 15.6. The molecular weight excluding hydrogens is 586 g/mol. The average molecular weight is 634 g/mol. The van der Waals surface area contributed by atoms with Gasteiger partial charge in [-0.05, 0) is 64.2 Å². The highest BCUT2D eigenvalue weighted by Crippen LogP contribution is 2.36. The summed E-state index contributed by atoms with van der Waals surface area (Å²) >= 11 is 0. The second-order valence-corrected chi connectivity index (χ2v) is 13.4. The third kappa shape index (κ3) is 8.64. The molecule has 1 atom stereocenters. The summed E-state index contributed by atoms with van der Waals surface area (Å²) in [4.78, 5) is 58.8. The van der Waals surface area contributed by atoms with Gasteiger partial charge in [0.15, 0.2) is 5.72 Å². The molecule has 2 aromatic carbocycles. The third-order valence-corrected chi connectivity index (χ3v) is 8.26. The van der Waals surface area contributed by atoms with Gasteiger partial charge < -0.3 is 25.3 Å². The van der Waals surface area contributed by atoms with Gasteiger partial charge in [-0.1, -0.05) is 48.5 Å². The van der Waals surface area contributed by atoms with Gasteiger partial charge in [0.2, 0.25) is 17.7 Å². The van der Waals surface area contributed by atoms with Crippen LogP contribution in [0.4, 0.5) is 4.79 Å². The number of piperidine rings is 1. The number of ether oxygens (including phenoxy) is 1. The van der Waals surface area contributed by atoms with Crippen molar-refractivity contribution in [1.82, 2.24) is 31.0 Å². The lowest BCUT2D eigenvalue weighted by atomic mass is 9.73. The number of hydrazine groups is 1. The molecule has 1 saturated heterocycles. The van der Waals surface area contributed by atoms with Gasteiger partial charge in [-0.3, -0.25) is 25.5 Å². The zero-order chi connectivity index (χ0) is 33.7. The van der Waals surface area contributed by atoms with E-state index in [2.05, 4.69) is 21.0 Å². The monoisotopic (exact) mass is 633 g/mol. The lowest BCUT2D eigenvalue weighted by Crippen LogP contribution is -2.61. The molecule has 4 rings (SSSR count). The maximum absolute atomic E-state index is 14.2. The Labute approximate surface area is 270 Å². The van der Waals surface area contributed by atoms with E-state index in [4.69, 9.17) is 10.5 Å². The molecule has 0 aliphatic carbocycles. The fraction of sp³-hybridized carbons (Fsp3) is 0.471. The van der Waals surface area contributed by atoms with E-state index >= 15 is 0 Å². The van der Waals surface area contributed by atoms with Gasteiger partial charge in [-0.25, -0.2) is 9.80 Å². The second kappa shape index (κ2) is 13.9. The lowest BCUT2D eigenvalue weighted by molar-refractivity contribution is -0.145. The molecule has 1 aromatic heterocycles. The van der Waals surface area contributed by atoms with Crippen LogP contribution in [0.2, 0.25) is 0 Å². The molecule has 1 fully saturated rings. The smallest absolute Gasteiger partial charge is 0.409 e. The van der Waals surface area contributed by atoms with Gasteiger partial charge in [0.1, 0.15) is 11.6 Å². The Hall–Kier alpha value is -4.42. The van der Waals surface area contributed by atoms with E-state index in [0.717, 1.165) is 22.0 Å². The third-order valence-electron chi connectivity index (χ3n) is 8.26. The molecule has 1 aliphatic rings. The molecule has 0 bridgehead atoms. The standard InChI is InChI=1S/C34H47N7O5/c1-32(2,38-31(45)46-33(3,4)35)29(43)37-27(20-24-22-36-26-15-11-10-14-25(24)26)28(42)41-18-16-34(17-19-41,30(44)39-40(5)6)21-23-12-8-7-9-13-23/h7-15,22,27,36H,16-21,35H2,1-6H3,(H,37,43)(H,38,45)(H,39,44). The SMILES string of the molecule is CN(C)NC(=O)C1(Cc2ccccc2)CCN(C(=O)C(Cc2c[nH]c3ccccc23)NC(=O)C(C)(C)NC(=O)OC(C)(C)N)CC1. The van der Waals surface area contributed by atoms with Crippen LogP contribution >= 0.6 is 0 Å². The minimum atomic E-state index is -1.42. The number of nitrogens with zero attached hydrogens (tertiary/aromatic N) is 2. The Morgan fingerprint density at radius 3 is 2.26 bits per heavy atom. The summed E-state index contributed by atoms with van der Waals surface area (Å²) in [5, 5.41) is 8.04. The number of alkyl carbamates (subject to hydrolysis) is 1. The highest BCUT2D eigenvalue weighted by Gasteiger charge is 2.44. The van der Waals surface area contributed by atoms with Gasteiger partial charge in [-0.2, -0.15) is 0 Å². The van der Waals surface area contributed by atoms with Gasteiger partial charge >= 0.3 is 6.09 Å². The second-order valence-electron chi connectivity index (χ2n) is 13.4. The van der Waals surface area contributed by atoms with Crippen LogP contribution in [-0.2, 0) is 32.0 Å². The Balaban J connectivity index is 1.56. The summed E-state index contributed by atoms with van der Waals surface area (Å²) < 4.78 is 5.14. The van der Waals surface area contributed by atoms with Crippen molar-refractivity contribution in [3.63, 3.8) is 0 Å². The van der Waals surface area contributed by atoms with Crippen molar-refractivity contribution < 1.29 is 23.9 Å². The number of nitrogens with two attached hydrogens (primary N) is 1. The van der Waals surface area contributed by atoms with Crippen LogP contribution in [0.15, 0.2) is 60.8 Å². The van der Waals surface area contributed by atoms with E-state index in [1.165, 1.54) is 27.7 Å². The Kier molecular flexibility index (Phi) is 10.4. The molecule has 3 aromatic rings. The quantitative estimate of drug-likeness (QED) is 0.160. The molecule has 1 unspecified atom stereocenters. The fourth-order valence-corrected chi connectivity index (χ4v) is 5.80. The summed E-state index contributed by atoms with van der Waals surface area (Å²) in [5.74, 6) is -0.905. The van der Waals surface area contributed by atoms with E-state index in [-0.39, 0.29) is 18.2 Å². The first-order chi connectivity index (χ1) is 21.6. The average Bonchev–Trinajstić information content (AvgIpc) is 3.38. The zero-order valence-corrected chi connectivity index (χ0v) is 27.6. The van der Waals surface area contributed by atoms with E-state index in [0.29, 0.717) is 32.4 Å². The van der Waals surface area contributed by atoms with Crippen molar-refractivity contribution in [2.24, 2.45) is 11.1 Å². The highest BCUT2D eigenvalue weighted by atomic mass is 16.6. The number of likely N-dealkylation sites (tertiary alicyclic amines) is 1. The molecule has 12 heteroatoms. The number of para-hydroxylation sites is 1. The number of aromatic amines is 1. The van der Waals surface area contributed by atoms with Crippen molar-refractivity contribution in [2.75, 3.05) is 27.2 Å². The number of hydrogen-bond donors (Lipinski definition) is 5. The van der Waals surface area contributed by atoms with E-state index in [1.54, 1.807) is 24.0 Å². The molecule has 248 valence electrons. The van der Waals surface area contributed by atoms with Crippen LogP contribution < -0.4 is 21.8 Å². The number of hydrogen-bond acceptors (Lipinski definition) is 7. The van der Waals surface area contributed by atoms with E-state index in [1.807, 2.05) is 60.8 Å². The van der Waals surface area contributed by atoms with Crippen molar-refractivity contribution in [2.45, 2.75) is 70.7 Å². The molecule has 0 spiro atoms. The van der Waals surface area contributed by atoms with Crippen molar-refractivity contribution in [3.8, 4) is 0 Å². The largest absolute Gasteiger partial charge is 0.429 e. The minimum absolute atomic E-state index is 0.0857. The molecule has 12 nitrogen and oxygen atoms in total. The first-order valence-corrected chi connectivity index (χ1v) is 15.6. The number of H-pyrrole nitrogens is 1. The summed E-state index contributed by atoms with van der Waals surface area (Å²) in [6.07, 6.45) is 2.66. The van der Waals surface area contributed by atoms with Crippen LogP contribution in [-0.4, -0.2) is 83.2 Å². The molecule has 46 heavy (non-hydrogen) atoms.